The molecule has 8 heteroatoms. The summed E-state index contributed by atoms with van der Waals surface area (Å²) in [5.41, 5.74) is 0.971. The standard InChI is InChI=1S/C14H14N6S2/c1-15-22-11-4-2-3-10(7-11)19-12-8-13(18-9-17-12)20-14-16-5-6-21-14/h2-9,15H,1H3,(H2,16,17,18,19,20). The summed E-state index contributed by atoms with van der Waals surface area (Å²) in [6.45, 7) is 0. The molecule has 2 heterocycles. The Bertz CT molecular complexity index is 732. The molecule has 0 saturated heterocycles. The third-order valence-electron chi connectivity index (χ3n) is 2.66. The number of hydrogen-bond donors (Lipinski definition) is 3. The highest BCUT2D eigenvalue weighted by Crippen LogP contribution is 2.23. The third-order valence-corrected chi connectivity index (χ3v) is 4.04. The van der Waals surface area contributed by atoms with Gasteiger partial charge in [-0.15, -0.1) is 11.3 Å². The van der Waals surface area contributed by atoms with Crippen LogP contribution in [0, 0.1) is 0 Å². The molecule has 0 saturated carbocycles. The van der Waals surface area contributed by atoms with E-state index in [1.54, 1.807) is 18.1 Å². The number of nitrogens with zero attached hydrogens (tertiary/aromatic N) is 3. The fraction of sp³-hybridized carbons (Fsp3) is 0.0714. The fourth-order valence-corrected chi connectivity index (χ4v) is 2.90. The first-order chi connectivity index (χ1) is 10.8. The molecule has 0 bridgehead atoms. The van der Waals surface area contributed by atoms with E-state index in [-0.39, 0.29) is 0 Å². The lowest BCUT2D eigenvalue weighted by Gasteiger charge is -2.08. The van der Waals surface area contributed by atoms with Crippen molar-refractivity contribution in [1.82, 2.24) is 19.7 Å². The van der Waals surface area contributed by atoms with E-state index in [0.717, 1.165) is 21.5 Å². The van der Waals surface area contributed by atoms with Gasteiger partial charge in [0, 0.05) is 28.2 Å². The number of thiazole rings is 1. The highest BCUT2D eigenvalue weighted by molar-refractivity contribution is 7.97. The van der Waals surface area contributed by atoms with Crippen LogP contribution in [-0.2, 0) is 0 Å². The molecule has 3 aromatic rings. The molecule has 1 aromatic carbocycles. The van der Waals surface area contributed by atoms with Crippen molar-refractivity contribution in [3.05, 3.63) is 48.2 Å². The zero-order valence-electron chi connectivity index (χ0n) is 11.8. The van der Waals surface area contributed by atoms with Crippen molar-refractivity contribution in [2.45, 2.75) is 4.90 Å². The van der Waals surface area contributed by atoms with Crippen molar-refractivity contribution in [1.29, 1.82) is 0 Å². The Labute approximate surface area is 136 Å². The lowest BCUT2D eigenvalue weighted by Crippen LogP contribution is -1.98. The predicted octanol–water partition coefficient (Wildman–Crippen LogP) is 3.65. The topological polar surface area (TPSA) is 74.8 Å². The van der Waals surface area contributed by atoms with Crippen molar-refractivity contribution in [3.8, 4) is 0 Å². The maximum absolute atomic E-state index is 4.24. The first kappa shape index (κ1) is 14.8. The maximum Gasteiger partial charge on any atom is 0.188 e. The molecule has 3 N–H and O–H groups in total. The van der Waals surface area contributed by atoms with Gasteiger partial charge in [-0.2, -0.15) is 0 Å². The Morgan fingerprint density at radius 3 is 2.68 bits per heavy atom. The Morgan fingerprint density at radius 1 is 1.05 bits per heavy atom. The fourth-order valence-electron chi connectivity index (χ4n) is 1.79. The molecule has 2 aromatic heterocycles. The van der Waals surface area contributed by atoms with Crippen molar-refractivity contribution >= 4 is 45.7 Å². The van der Waals surface area contributed by atoms with Crippen molar-refractivity contribution in [2.75, 3.05) is 17.7 Å². The molecule has 112 valence electrons. The van der Waals surface area contributed by atoms with Gasteiger partial charge in [-0.25, -0.2) is 15.0 Å². The lowest BCUT2D eigenvalue weighted by atomic mass is 10.3. The minimum Gasteiger partial charge on any atom is -0.340 e. The quantitative estimate of drug-likeness (QED) is 0.596. The second-order valence-electron chi connectivity index (χ2n) is 4.21. The first-order valence-electron chi connectivity index (χ1n) is 6.53. The summed E-state index contributed by atoms with van der Waals surface area (Å²) in [5.74, 6) is 1.42. The van der Waals surface area contributed by atoms with Crippen LogP contribution in [0.3, 0.4) is 0 Å². The zero-order chi connectivity index (χ0) is 15.2. The minimum absolute atomic E-state index is 0.702. The minimum atomic E-state index is 0.702. The first-order valence-corrected chi connectivity index (χ1v) is 8.22. The predicted molar refractivity (Wildman–Crippen MR) is 92.1 cm³/mol. The molecule has 0 aliphatic rings. The van der Waals surface area contributed by atoms with Gasteiger partial charge in [0.25, 0.3) is 0 Å². The van der Waals surface area contributed by atoms with Crippen LogP contribution < -0.4 is 15.4 Å². The van der Waals surface area contributed by atoms with Crippen molar-refractivity contribution < 1.29 is 0 Å². The summed E-state index contributed by atoms with van der Waals surface area (Å²) in [6.07, 6.45) is 3.27. The van der Waals surface area contributed by atoms with E-state index in [1.165, 1.54) is 17.7 Å². The molecular weight excluding hydrogens is 316 g/mol. The van der Waals surface area contributed by atoms with Gasteiger partial charge in [0.2, 0.25) is 0 Å². The average molecular weight is 330 g/mol. The molecule has 0 spiro atoms. The number of nitrogens with one attached hydrogen (secondary N) is 3. The second-order valence-corrected chi connectivity index (χ2v) is 6.19. The SMILES string of the molecule is CNSc1cccc(Nc2cc(Nc3nccs3)ncn2)c1. The molecule has 22 heavy (non-hydrogen) atoms. The summed E-state index contributed by atoms with van der Waals surface area (Å²) in [6, 6.07) is 9.94. The van der Waals surface area contributed by atoms with Gasteiger partial charge >= 0.3 is 0 Å². The molecule has 0 aliphatic carbocycles. The van der Waals surface area contributed by atoms with Gasteiger partial charge in [0.05, 0.1) is 0 Å². The molecule has 0 unspecified atom stereocenters. The smallest absolute Gasteiger partial charge is 0.188 e. The van der Waals surface area contributed by atoms with Crippen LogP contribution in [0.15, 0.2) is 53.1 Å². The van der Waals surface area contributed by atoms with E-state index in [4.69, 9.17) is 0 Å². The van der Waals surface area contributed by atoms with Crippen LogP contribution >= 0.6 is 23.3 Å². The average Bonchev–Trinajstić information content (AvgIpc) is 3.01. The number of aromatic nitrogens is 3. The summed E-state index contributed by atoms with van der Waals surface area (Å²) in [5, 5.41) is 9.13. The van der Waals surface area contributed by atoms with Gasteiger partial charge in [-0.1, -0.05) is 6.07 Å². The number of hydrogen-bond acceptors (Lipinski definition) is 8. The third kappa shape index (κ3) is 3.94. The van der Waals surface area contributed by atoms with Gasteiger partial charge in [0.1, 0.15) is 18.0 Å². The summed E-state index contributed by atoms with van der Waals surface area (Å²) < 4.78 is 3.06. The molecule has 0 atom stereocenters. The monoisotopic (exact) mass is 330 g/mol. The van der Waals surface area contributed by atoms with E-state index in [0.29, 0.717) is 5.82 Å². The van der Waals surface area contributed by atoms with Crippen molar-refractivity contribution in [3.63, 3.8) is 0 Å². The molecule has 0 fully saturated rings. The molecular formula is C14H14N6S2. The Morgan fingerprint density at radius 2 is 1.91 bits per heavy atom. The van der Waals surface area contributed by atoms with Crippen LogP contribution in [0.2, 0.25) is 0 Å². The Balaban J connectivity index is 1.73. The van der Waals surface area contributed by atoms with Gasteiger partial charge in [-0.3, -0.25) is 4.72 Å². The van der Waals surface area contributed by atoms with E-state index >= 15 is 0 Å². The van der Waals surface area contributed by atoms with E-state index in [2.05, 4.69) is 36.4 Å². The summed E-state index contributed by atoms with van der Waals surface area (Å²) in [7, 11) is 1.89. The highest BCUT2D eigenvalue weighted by Gasteiger charge is 2.02. The van der Waals surface area contributed by atoms with Crippen molar-refractivity contribution in [2.24, 2.45) is 0 Å². The largest absolute Gasteiger partial charge is 0.340 e. The molecule has 0 aliphatic heterocycles. The van der Waals surface area contributed by atoms with Crippen LogP contribution in [-0.4, -0.2) is 22.0 Å². The highest BCUT2D eigenvalue weighted by atomic mass is 32.2. The van der Waals surface area contributed by atoms with Crippen LogP contribution in [0.5, 0.6) is 0 Å². The molecule has 3 rings (SSSR count). The van der Waals surface area contributed by atoms with Crippen LogP contribution in [0.25, 0.3) is 0 Å². The number of benzene rings is 1. The Hall–Kier alpha value is -2.16. The van der Waals surface area contributed by atoms with Crippen LogP contribution in [0.4, 0.5) is 22.5 Å². The Kier molecular flexibility index (Phi) is 4.84. The van der Waals surface area contributed by atoms with Gasteiger partial charge in [0.15, 0.2) is 5.13 Å². The van der Waals surface area contributed by atoms with Gasteiger partial charge < -0.3 is 10.6 Å². The van der Waals surface area contributed by atoms with Gasteiger partial charge in [-0.05, 0) is 37.2 Å². The number of anilines is 4. The summed E-state index contributed by atoms with van der Waals surface area (Å²) in [4.78, 5) is 13.7. The lowest BCUT2D eigenvalue weighted by molar-refractivity contribution is 1.16. The molecule has 0 radical (unpaired) electrons. The maximum atomic E-state index is 4.24. The summed E-state index contributed by atoms with van der Waals surface area (Å²) >= 11 is 3.09. The molecule has 6 nitrogen and oxygen atoms in total. The second kappa shape index (κ2) is 7.21. The zero-order valence-corrected chi connectivity index (χ0v) is 13.4. The van der Waals surface area contributed by atoms with E-state index < -0.39 is 0 Å². The molecule has 0 amide bonds. The number of rotatable bonds is 6. The van der Waals surface area contributed by atoms with Crippen LogP contribution in [0.1, 0.15) is 0 Å². The van der Waals surface area contributed by atoms with E-state index in [9.17, 15) is 0 Å². The normalized spacial score (nSPS) is 10.4. The van der Waals surface area contributed by atoms with E-state index in [1.807, 2.05) is 36.7 Å².